The third kappa shape index (κ3) is 2.45. The number of nitrogens with one attached hydrogen (secondary N) is 1. The van der Waals surface area contributed by atoms with Gasteiger partial charge in [0.25, 0.3) is 5.56 Å². The first kappa shape index (κ1) is 15.5. The second kappa shape index (κ2) is 5.69. The number of nitrogens with zero attached hydrogens (tertiary/aromatic N) is 4. The van der Waals surface area contributed by atoms with Gasteiger partial charge in [0.2, 0.25) is 5.91 Å². The van der Waals surface area contributed by atoms with E-state index in [1.165, 1.54) is 35.6 Å². The molecule has 0 saturated carbocycles. The smallest absolute Gasteiger partial charge is 0.332 e. The fraction of sp³-hybridized carbons (Fsp3) is 0.200. The van der Waals surface area contributed by atoms with Crippen molar-refractivity contribution in [3.8, 4) is 5.75 Å². The fourth-order valence-corrected chi connectivity index (χ4v) is 2.48. The lowest BCUT2D eigenvalue weighted by molar-refractivity contribution is -0.116. The maximum Gasteiger partial charge on any atom is 0.332 e. The van der Waals surface area contributed by atoms with Gasteiger partial charge in [0.05, 0.1) is 12.0 Å². The van der Waals surface area contributed by atoms with E-state index < -0.39 is 17.2 Å². The summed E-state index contributed by atoms with van der Waals surface area (Å²) >= 11 is 0. The molecule has 0 aliphatic heterocycles. The van der Waals surface area contributed by atoms with Crippen molar-refractivity contribution in [2.45, 2.75) is 6.54 Å². The molecule has 9 nitrogen and oxygen atoms in total. The van der Waals surface area contributed by atoms with Gasteiger partial charge in [-0.1, -0.05) is 12.1 Å². The Morgan fingerprint density at radius 1 is 1.21 bits per heavy atom. The molecule has 0 fully saturated rings. The Morgan fingerprint density at radius 3 is 2.62 bits per heavy atom. The van der Waals surface area contributed by atoms with Crippen LogP contribution >= 0.6 is 0 Å². The molecule has 24 heavy (non-hydrogen) atoms. The van der Waals surface area contributed by atoms with Crippen LogP contribution in [-0.2, 0) is 25.4 Å². The molecule has 1 aromatic carbocycles. The molecule has 0 saturated heterocycles. The Kier molecular flexibility index (Phi) is 3.68. The number of phenols is 1. The molecule has 0 unspecified atom stereocenters. The zero-order valence-corrected chi connectivity index (χ0v) is 13.1. The molecular weight excluding hydrogens is 314 g/mol. The Labute approximate surface area is 135 Å². The first-order chi connectivity index (χ1) is 11.4. The summed E-state index contributed by atoms with van der Waals surface area (Å²) in [5.74, 6) is -0.480. The molecule has 2 N–H and O–H groups in total. The van der Waals surface area contributed by atoms with Crippen LogP contribution in [0.25, 0.3) is 11.2 Å². The van der Waals surface area contributed by atoms with Crippen molar-refractivity contribution < 1.29 is 9.90 Å². The van der Waals surface area contributed by atoms with Gasteiger partial charge in [0.1, 0.15) is 17.9 Å². The summed E-state index contributed by atoms with van der Waals surface area (Å²) in [7, 11) is 2.87. The van der Waals surface area contributed by atoms with Crippen molar-refractivity contribution in [2.24, 2.45) is 14.1 Å². The monoisotopic (exact) mass is 329 g/mol. The van der Waals surface area contributed by atoms with Crippen molar-refractivity contribution in [3.05, 3.63) is 51.4 Å². The number of rotatable bonds is 3. The number of amides is 1. The van der Waals surface area contributed by atoms with Gasteiger partial charge in [-0.05, 0) is 12.1 Å². The second-order valence-electron chi connectivity index (χ2n) is 5.32. The summed E-state index contributed by atoms with van der Waals surface area (Å²) in [4.78, 5) is 40.3. The molecule has 2 aromatic heterocycles. The van der Waals surface area contributed by atoms with Crippen molar-refractivity contribution in [3.63, 3.8) is 0 Å². The average molecular weight is 329 g/mol. The van der Waals surface area contributed by atoms with E-state index in [9.17, 15) is 19.5 Å². The average Bonchev–Trinajstić information content (AvgIpc) is 2.96. The van der Waals surface area contributed by atoms with Crippen LogP contribution in [0, 0.1) is 0 Å². The second-order valence-corrected chi connectivity index (χ2v) is 5.32. The van der Waals surface area contributed by atoms with Gasteiger partial charge in [-0.15, -0.1) is 0 Å². The predicted octanol–water partition coefficient (Wildman–Crippen LogP) is -0.222. The third-order valence-electron chi connectivity index (χ3n) is 3.70. The van der Waals surface area contributed by atoms with Gasteiger partial charge in [0.15, 0.2) is 5.52 Å². The molecule has 3 rings (SSSR count). The van der Waals surface area contributed by atoms with E-state index in [1.54, 1.807) is 18.2 Å². The normalized spacial score (nSPS) is 10.9. The highest BCUT2D eigenvalue weighted by Crippen LogP contribution is 2.21. The summed E-state index contributed by atoms with van der Waals surface area (Å²) in [6, 6.07) is 6.33. The number of imidazole rings is 1. The number of aromatic hydroxyl groups is 1. The summed E-state index contributed by atoms with van der Waals surface area (Å²) in [6.07, 6.45) is 1.33. The molecule has 0 bridgehead atoms. The van der Waals surface area contributed by atoms with E-state index in [4.69, 9.17) is 0 Å². The number of hydrogen-bond acceptors (Lipinski definition) is 5. The maximum absolute atomic E-state index is 12.2. The Bertz CT molecular complexity index is 1060. The summed E-state index contributed by atoms with van der Waals surface area (Å²) in [5.41, 5.74) is -0.384. The number of carbonyl (C=O) groups is 1. The maximum atomic E-state index is 12.2. The lowest BCUT2D eigenvalue weighted by Crippen LogP contribution is -2.37. The van der Waals surface area contributed by atoms with Crippen molar-refractivity contribution in [2.75, 3.05) is 5.32 Å². The van der Waals surface area contributed by atoms with Gasteiger partial charge in [0, 0.05) is 14.1 Å². The van der Waals surface area contributed by atoms with Gasteiger partial charge in [-0.2, -0.15) is 0 Å². The van der Waals surface area contributed by atoms with Crippen LogP contribution in [0.2, 0.25) is 0 Å². The number of phenolic OH excluding ortho intramolecular Hbond substituents is 1. The van der Waals surface area contributed by atoms with Gasteiger partial charge >= 0.3 is 5.69 Å². The lowest BCUT2D eigenvalue weighted by atomic mass is 10.3. The molecule has 0 aliphatic rings. The Morgan fingerprint density at radius 2 is 1.92 bits per heavy atom. The van der Waals surface area contributed by atoms with E-state index in [2.05, 4.69) is 10.3 Å². The molecule has 124 valence electrons. The highest BCUT2D eigenvalue weighted by molar-refractivity contribution is 5.92. The predicted molar refractivity (Wildman–Crippen MR) is 87.0 cm³/mol. The zero-order chi connectivity index (χ0) is 17.4. The minimum Gasteiger partial charge on any atom is -0.506 e. The number of aryl methyl sites for hydroxylation is 1. The van der Waals surface area contributed by atoms with E-state index in [-0.39, 0.29) is 29.1 Å². The number of fused-ring (bicyclic) bond motifs is 1. The molecule has 9 heteroatoms. The summed E-state index contributed by atoms with van der Waals surface area (Å²) in [5, 5.41) is 12.2. The molecule has 0 radical (unpaired) electrons. The van der Waals surface area contributed by atoms with E-state index in [0.717, 1.165) is 4.57 Å². The van der Waals surface area contributed by atoms with Crippen LogP contribution in [0.15, 0.2) is 40.2 Å². The minimum atomic E-state index is -0.520. The summed E-state index contributed by atoms with van der Waals surface area (Å²) in [6.45, 7) is -0.161. The number of carbonyl (C=O) groups excluding carboxylic acids is 1. The molecule has 0 spiro atoms. The van der Waals surface area contributed by atoms with Gasteiger partial charge in [-0.3, -0.25) is 18.7 Å². The van der Waals surface area contributed by atoms with Crippen molar-refractivity contribution >= 4 is 22.8 Å². The van der Waals surface area contributed by atoms with E-state index >= 15 is 0 Å². The zero-order valence-electron chi connectivity index (χ0n) is 13.1. The molecule has 3 aromatic rings. The minimum absolute atomic E-state index is 0.0531. The van der Waals surface area contributed by atoms with Crippen molar-refractivity contribution in [1.29, 1.82) is 0 Å². The largest absolute Gasteiger partial charge is 0.506 e. The van der Waals surface area contributed by atoms with Crippen LogP contribution in [-0.4, -0.2) is 29.7 Å². The third-order valence-corrected chi connectivity index (χ3v) is 3.70. The van der Waals surface area contributed by atoms with Gasteiger partial charge < -0.3 is 15.0 Å². The molecule has 0 aliphatic carbocycles. The summed E-state index contributed by atoms with van der Waals surface area (Å²) < 4.78 is 3.63. The molecule has 2 heterocycles. The molecular formula is C15H15N5O4. The van der Waals surface area contributed by atoms with E-state index in [1.807, 2.05) is 0 Å². The molecule has 0 atom stereocenters. The van der Waals surface area contributed by atoms with Gasteiger partial charge in [-0.25, -0.2) is 9.78 Å². The molecule has 1 amide bonds. The number of benzene rings is 1. The highest BCUT2D eigenvalue weighted by Gasteiger charge is 2.16. The number of hydrogen-bond donors (Lipinski definition) is 2. The van der Waals surface area contributed by atoms with Crippen LogP contribution in [0.5, 0.6) is 5.75 Å². The Balaban J connectivity index is 1.97. The number of aromatic nitrogens is 4. The SMILES string of the molecule is Cn1c(=O)c2ncn(CC(=O)Nc3ccccc3O)c2n(C)c1=O. The van der Waals surface area contributed by atoms with Crippen LogP contribution in [0.1, 0.15) is 0 Å². The van der Waals surface area contributed by atoms with E-state index in [0.29, 0.717) is 0 Å². The van der Waals surface area contributed by atoms with Crippen LogP contribution < -0.4 is 16.6 Å². The Hall–Kier alpha value is -3.36. The number of anilines is 1. The highest BCUT2D eigenvalue weighted by atomic mass is 16.3. The topological polar surface area (TPSA) is 111 Å². The van der Waals surface area contributed by atoms with Crippen LogP contribution in [0.4, 0.5) is 5.69 Å². The quantitative estimate of drug-likeness (QED) is 0.645. The van der Waals surface area contributed by atoms with Crippen molar-refractivity contribution in [1.82, 2.24) is 18.7 Å². The first-order valence-corrected chi connectivity index (χ1v) is 7.09. The number of para-hydroxylation sites is 2. The lowest BCUT2D eigenvalue weighted by Gasteiger charge is -2.10. The first-order valence-electron chi connectivity index (χ1n) is 7.09. The standard InChI is InChI=1S/C15H15N5O4/c1-18-13-12(14(23)19(2)15(18)24)16-8-20(13)7-11(22)17-9-5-3-4-6-10(9)21/h3-6,8,21H,7H2,1-2H3,(H,17,22). The fourth-order valence-electron chi connectivity index (χ4n) is 2.48. The van der Waals surface area contributed by atoms with Crippen LogP contribution in [0.3, 0.4) is 0 Å².